The summed E-state index contributed by atoms with van der Waals surface area (Å²) in [5, 5.41) is 28.0. The van der Waals surface area contributed by atoms with Crippen molar-refractivity contribution in [1.29, 1.82) is 0 Å². The highest BCUT2D eigenvalue weighted by atomic mass is 32.2. The van der Waals surface area contributed by atoms with Crippen LogP contribution in [-0.4, -0.2) is 61.6 Å². The first kappa shape index (κ1) is 66.3. The Hall–Kier alpha value is -8.80. The molecule has 0 aliphatic carbocycles. The Labute approximate surface area is 491 Å². The fraction of sp³-hybridized carbons (Fsp3) is 0.241. The molecule has 0 amide bonds. The monoisotopic (exact) mass is 1240 g/mol. The van der Waals surface area contributed by atoms with Crippen LogP contribution in [0.3, 0.4) is 0 Å². The van der Waals surface area contributed by atoms with Crippen LogP contribution in [0.25, 0.3) is 11.1 Å². The molecule has 0 bridgehead atoms. The highest BCUT2D eigenvalue weighted by Crippen LogP contribution is 2.43. The summed E-state index contributed by atoms with van der Waals surface area (Å²) in [4.78, 5) is 48.0. The maximum Gasteiger partial charge on any atom is 0.420 e. The number of carbonyl (C=O) groups excluding carboxylic acids is 4. The number of azo groups is 2. The number of hydrogen-bond acceptors (Lipinski definition) is 20. The summed E-state index contributed by atoms with van der Waals surface area (Å²) < 4.78 is 158. The number of nitrogens with zero attached hydrogens (tertiary/aromatic N) is 4. The fourth-order valence-corrected chi connectivity index (χ4v) is 8.69. The van der Waals surface area contributed by atoms with Crippen LogP contribution in [0, 0.1) is 0 Å². The molecular formula is C58H52F6N4O16S2. The minimum absolute atomic E-state index is 0.0416. The van der Waals surface area contributed by atoms with E-state index in [4.69, 9.17) is 33.7 Å². The number of alkyl halides is 6. The fourth-order valence-electron chi connectivity index (χ4n) is 7.57. The average molecular weight is 1240 g/mol. The molecular weight excluding hydrogens is 1190 g/mol. The SMILES string of the molecule is C=CC(=O)OCCCCCCOc1ccc(C(=O)Oc2ccc(N=Nc3ccc(-c4ccc(N=Nc5ccc(OC(=O)c6ccc(OC(CCCCC)OC(=O)C=C)cc6)c(C(F)(F)F)c5)c(SOOO)c4)cc3S(=O)(=O)O)cc2C(F)(F)F)cc1. The zero-order valence-corrected chi connectivity index (χ0v) is 46.9. The molecule has 0 saturated heterocycles. The molecule has 2 N–H and O–H groups in total. The van der Waals surface area contributed by atoms with Crippen LogP contribution in [0.5, 0.6) is 23.0 Å². The van der Waals surface area contributed by atoms with Crippen molar-refractivity contribution in [3.8, 4) is 34.1 Å². The van der Waals surface area contributed by atoms with Crippen molar-refractivity contribution in [2.75, 3.05) is 13.2 Å². The van der Waals surface area contributed by atoms with E-state index in [-0.39, 0.29) is 50.9 Å². The van der Waals surface area contributed by atoms with Gasteiger partial charge in [0.25, 0.3) is 10.1 Å². The predicted octanol–water partition coefficient (Wildman–Crippen LogP) is 16.0. The van der Waals surface area contributed by atoms with Crippen LogP contribution < -0.4 is 18.9 Å². The van der Waals surface area contributed by atoms with E-state index >= 15 is 0 Å². The minimum atomic E-state index is -5.14. The molecule has 0 aliphatic rings. The first-order valence-electron chi connectivity index (χ1n) is 25.7. The van der Waals surface area contributed by atoms with Crippen molar-refractivity contribution in [3.05, 3.63) is 169 Å². The van der Waals surface area contributed by atoms with E-state index in [1.807, 2.05) is 6.92 Å². The molecule has 6 rings (SSSR count). The van der Waals surface area contributed by atoms with Gasteiger partial charge in [-0.15, -0.1) is 14.6 Å². The highest BCUT2D eigenvalue weighted by molar-refractivity contribution is 7.94. The third-order valence-corrected chi connectivity index (χ3v) is 13.3. The third kappa shape index (κ3) is 20.2. The smallest absolute Gasteiger partial charge is 0.420 e. The minimum Gasteiger partial charge on any atom is -0.494 e. The molecule has 0 aliphatic heterocycles. The van der Waals surface area contributed by atoms with Crippen LogP contribution in [0.15, 0.2) is 177 Å². The normalized spacial score (nSPS) is 12.2. The van der Waals surface area contributed by atoms with E-state index in [9.17, 15) is 58.5 Å². The van der Waals surface area contributed by atoms with Crippen LogP contribution in [0.1, 0.15) is 90.1 Å². The zero-order chi connectivity index (χ0) is 62.4. The predicted molar refractivity (Wildman–Crippen MR) is 296 cm³/mol. The van der Waals surface area contributed by atoms with Crippen molar-refractivity contribution >= 4 is 68.8 Å². The first-order valence-corrected chi connectivity index (χ1v) is 27.9. The third-order valence-electron chi connectivity index (χ3n) is 11.8. The Kier molecular flexibility index (Phi) is 24.2. The van der Waals surface area contributed by atoms with E-state index in [0.717, 1.165) is 74.2 Å². The van der Waals surface area contributed by atoms with E-state index < -0.39 is 91.5 Å². The van der Waals surface area contributed by atoms with Gasteiger partial charge >= 0.3 is 36.2 Å². The number of hydrogen-bond donors (Lipinski definition) is 2. The van der Waals surface area contributed by atoms with Crippen molar-refractivity contribution in [3.63, 3.8) is 0 Å². The molecule has 6 aromatic carbocycles. The molecule has 28 heteroatoms. The molecule has 0 saturated carbocycles. The van der Waals surface area contributed by atoms with Crippen LogP contribution in [-0.2, 0) is 50.9 Å². The van der Waals surface area contributed by atoms with Crippen molar-refractivity contribution in [2.24, 2.45) is 20.5 Å². The summed E-state index contributed by atoms with van der Waals surface area (Å²) in [5.74, 6) is -4.69. The summed E-state index contributed by atoms with van der Waals surface area (Å²) in [7, 11) is -5.14. The quantitative estimate of drug-likeness (QED) is 0.00363. The Balaban J connectivity index is 1.14. The van der Waals surface area contributed by atoms with Gasteiger partial charge < -0.3 is 28.4 Å². The van der Waals surface area contributed by atoms with E-state index in [2.05, 4.69) is 43.0 Å². The largest absolute Gasteiger partial charge is 0.494 e. The standard InChI is InChI=1S/C58H52F6N4O16S2/c1-4-7-10-13-54(82-53(70)6-3)79-43-24-16-37(17-25-43)56(72)81-48-28-20-40(34-44(48)57(59,60)61)65-67-46-26-18-38(32-50(46)85-84-83-73)39-19-27-47(51(33-39)86(74,75)76)68-66-41-21-29-49(45(35-41)58(62,63)64)80-55(71)36-14-22-42(23-15-36)77-30-11-8-9-12-31-78-52(69)5-2/h5-6,14-29,32-35,54,73H,2-4,7-13,30-31H2,1H3,(H,74,75,76). The van der Waals surface area contributed by atoms with Crippen LogP contribution >= 0.6 is 12.0 Å². The summed E-state index contributed by atoms with van der Waals surface area (Å²) in [6, 6.07) is 22.6. The molecule has 0 radical (unpaired) electrons. The maximum absolute atomic E-state index is 14.4. The topological polar surface area (TPSA) is 266 Å². The van der Waals surface area contributed by atoms with Gasteiger partial charge in [0.2, 0.25) is 6.29 Å². The van der Waals surface area contributed by atoms with Crippen molar-refractivity contribution in [2.45, 2.75) is 86.7 Å². The average Bonchev–Trinajstić information content (AvgIpc) is 1.83. The molecule has 1 unspecified atom stereocenters. The Morgan fingerprint density at radius 1 is 0.616 bits per heavy atom. The van der Waals surface area contributed by atoms with Gasteiger partial charge in [0.1, 0.15) is 50.4 Å². The summed E-state index contributed by atoms with van der Waals surface area (Å²) in [5.41, 5.74) is -4.39. The molecule has 20 nitrogen and oxygen atoms in total. The number of unbranched alkanes of at least 4 members (excludes halogenated alkanes) is 5. The van der Waals surface area contributed by atoms with Crippen LogP contribution in [0.4, 0.5) is 49.1 Å². The van der Waals surface area contributed by atoms with Crippen molar-refractivity contribution in [1.82, 2.24) is 0 Å². The number of esters is 4. The van der Waals surface area contributed by atoms with Gasteiger partial charge in [0, 0.05) is 18.6 Å². The Morgan fingerprint density at radius 3 is 1.66 bits per heavy atom. The van der Waals surface area contributed by atoms with E-state index in [0.29, 0.717) is 62.2 Å². The summed E-state index contributed by atoms with van der Waals surface area (Å²) in [6.45, 7) is 9.27. The second-order valence-corrected chi connectivity index (χ2v) is 20.1. The molecule has 86 heavy (non-hydrogen) atoms. The number of ether oxygens (including phenoxy) is 6. The summed E-state index contributed by atoms with van der Waals surface area (Å²) in [6.07, 6.45) is -3.42. The highest BCUT2D eigenvalue weighted by Gasteiger charge is 2.37. The number of rotatable bonds is 30. The second-order valence-electron chi connectivity index (χ2n) is 18.0. The summed E-state index contributed by atoms with van der Waals surface area (Å²) >= 11 is 0.328. The van der Waals surface area contributed by atoms with Gasteiger partial charge in [0.05, 0.1) is 52.7 Å². The molecule has 0 aromatic heterocycles. The lowest BCUT2D eigenvalue weighted by Gasteiger charge is -2.19. The maximum atomic E-state index is 14.4. The number of carbonyl (C=O) groups is 4. The van der Waals surface area contributed by atoms with Crippen LogP contribution in [0.2, 0.25) is 0 Å². The molecule has 454 valence electrons. The van der Waals surface area contributed by atoms with Gasteiger partial charge in [-0.2, -0.15) is 45.0 Å². The molecule has 1 atom stereocenters. The van der Waals surface area contributed by atoms with Gasteiger partial charge in [0.15, 0.2) is 0 Å². The van der Waals surface area contributed by atoms with Gasteiger partial charge in [-0.1, -0.05) is 50.1 Å². The molecule has 0 heterocycles. The van der Waals surface area contributed by atoms with Crippen molar-refractivity contribution < 1.29 is 102 Å². The lowest BCUT2D eigenvalue weighted by atomic mass is 10.0. The second kappa shape index (κ2) is 31.4. The molecule has 0 spiro atoms. The first-order chi connectivity index (χ1) is 41.0. The molecule has 0 fully saturated rings. The van der Waals surface area contributed by atoms with Gasteiger partial charge in [-0.05, 0) is 152 Å². The Bertz CT molecular complexity index is 3550. The Morgan fingerprint density at radius 2 is 1.14 bits per heavy atom. The van der Waals surface area contributed by atoms with Gasteiger partial charge in [-0.25, -0.2) is 24.4 Å². The van der Waals surface area contributed by atoms with E-state index in [1.165, 1.54) is 72.8 Å². The van der Waals surface area contributed by atoms with E-state index in [1.54, 1.807) is 0 Å². The lowest BCUT2D eigenvalue weighted by molar-refractivity contribution is -0.432. The number of benzene rings is 6. The lowest BCUT2D eigenvalue weighted by Crippen LogP contribution is -2.23. The molecule has 6 aromatic rings. The number of halogens is 6. The zero-order valence-electron chi connectivity index (χ0n) is 45.2. The van der Waals surface area contributed by atoms with Gasteiger partial charge in [-0.3, -0.25) is 4.55 Å².